The molecule has 0 bridgehead atoms. The van der Waals surface area contributed by atoms with Crippen molar-refractivity contribution in [2.45, 2.75) is 20.3 Å². The Kier molecular flexibility index (Phi) is 3.53. The molecule has 20 heavy (non-hydrogen) atoms. The Hall–Kier alpha value is -2.27. The number of carbonyl (C=O) groups is 1. The number of aliphatic hydroxyl groups is 1. The minimum absolute atomic E-state index is 0.0369. The molecule has 5 nitrogen and oxygen atoms in total. The number of pyridine rings is 2. The third-order valence-corrected chi connectivity index (χ3v) is 2.19. The molecule has 0 saturated carbocycles. The molecule has 2 rings (SSSR count). The molecule has 106 valence electrons. The second kappa shape index (κ2) is 8.01. The zero-order chi connectivity index (χ0) is 20.0. The summed E-state index contributed by atoms with van der Waals surface area (Å²) in [5.74, 6) is -0.533. The van der Waals surface area contributed by atoms with Gasteiger partial charge in [0, 0.05) is 32.0 Å². The van der Waals surface area contributed by atoms with Gasteiger partial charge in [0.2, 0.25) is 0 Å². The van der Waals surface area contributed by atoms with E-state index >= 15 is 0 Å². The Bertz CT molecular complexity index is 712. The predicted molar refractivity (Wildman–Crippen MR) is 75.2 cm³/mol. The molecule has 2 aromatic rings. The van der Waals surface area contributed by atoms with Crippen molar-refractivity contribution < 1.29 is 22.9 Å². The van der Waals surface area contributed by atoms with Crippen LogP contribution in [0, 0.1) is 13.7 Å². The van der Waals surface area contributed by atoms with Crippen molar-refractivity contribution in [1.29, 1.82) is 0 Å². The van der Waals surface area contributed by atoms with Gasteiger partial charge in [-0.3, -0.25) is 9.97 Å². The maximum atomic E-state index is 11.0. The Balaban J connectivity index is 0.000000263. The molecule has 5 heteroatoms. The van der Waals surface area contributed by atoms with Gasteiger partial charge in [0.25, 0.3) is 0 Å². The molecule has 0 unspecified atom stereocenters. The SMILES string of the molecule is [2H]C([2H])([2H])c1ccc(C(=O)OC)cn1.[2H]C([2H])([2H])c1ccc(CO)cn1. The average Bonchev–Trinajstić information content (AvgIpc) is 2.60. The lowest BCUT2D eigenvalue weighted by Crippen LogP contribution is -2.01. The molecule has 1 N–H and O–H groups in total. The van der Waals surface area contributed by atoms with E-state index in [0.717, 1.165) is 0 Å². The van der Waals surface area contributed by atoms with E-state index in [9.17, 15) is 4.79 Å². The fourth-order valence-electron chi connectivity index (χ4n) is 1.15. The number of ether oxygens (including phenoxy) is 1. The van der Waals surface area contributed by atoms with Gasteiger partial charge in [-0.15, -0.1) is 0 Å². The van der Waals surface area contributed by atoms with E-state index in [1.807, 2.05) is 0 Å². The number of esters is 1. The maximum Gasteiger partial charge on any atom is 0.339 e. The molecule has 0 aliphatic heterocycles. The summed E-state index contributed by atoms with van der Waals surface area (Å²) in [4.78, 5) is 18.3. The second-order valence-corrected chi connectivity index (χ2v) is 3.63. The minimum Gasteiger partial charge on any atom is -0.465 e. The van der Waals surface area contributed by atoms with Crippen LogP contribution in [0.5, 0.6) is 0 Å². The fraction of sp³-hybridized carbons (Fsp3) is 0.267. The molecular formula is C15H18N2O3. The Morgan fingerprint density at radius 3 is 2.25 bits per heavy atom. The van der Waals surface area contributed by atoms with Crippen LogP contribution in [-0.4, -0.2) is 28.2 Å². The van der Waals surface area contributed by atoms with Gasteiger partial charge >= 0.3 is 5.97 Å². The Morgan fingerprint density at radius 2 is 1.85 bits per heavy atom. The first kappa shape index (κ1) is 8.81. The lowest BCUT2D eigenvalue weighted by atomic mass is 10.2. The standard InChI is InChI=1S/C8H9NO2.C7H9NO/c1-6-3-4-7(5-9-6)8(10)11-2;1-6-2-3-7(5-9)4-8-6/h3-5H,1-2H3;2-4,9H,5H2,1H3/i2*1D3. The first-order valence-electron chi connectivity index (χ1n) is 8.60. The summed E-state index contributed by atoms with van der Waals surface area (Å²) in [6, 6.07) is 5.62. The number of aryl methyl sites for hydroxylation is 2. The van der Waals surface area contributed by atoms with Crippen LogP contribution in [0.4, 0.5) is 0 Å². The van der Waals surface area contributed by atoms with E-state index in [1.54, 1.807) is 6.07 Å². The smallest absolute Gasteiger partial charge is 0.339 e. The zero-order valence-corrected chi connectivity index (χ0v) is 10.8. The Labute approximate surface area is 126 Å². The number of hydrogen-bond donors (Lipinski definition) is 1. The molecule has 0 radical (unpaired) electrons. The van der Waals surface area contributed by atoms with Crippen LogP contribution in [0.25, 0.3) is 0 Å². The van der Waals surface area contributed by atoms with Gasteiger partial charge in [0.15, 0.2) is 0 Å². The molecule has 0 amide bonds. The quantitative estimate of drug-likeness (QED) is 0.852. The van der Waals surface area contributed by atoms with Gasteiger partial charge in [0.1, 0.15) is 0 Å². The first-order chi connectivity index (χ1) is 12.0. The van der Waals surface area contributed by atoms with Crippen molar-refractivity contribution in [2.24, 2.45) is 0 Å². The number of hydrogen-bond acceptors (Lipinski definition) is 5. The minimum atomic E-state index is -2.24. The van der Waals surface area contributed by atoms with Crippen LogP contribution < -0.4 is 0 Å². The summed E-state index contributed by atoms with van der Waals surface area (Å²) in [6.07, 6.45) is 2.55. The summed E-state index contributed by atoms with van der Waals surface area (Å²) in [5, 5.41) is 8.65. The van der Waals surface area contributed by atoms with Crippen LogP contribution in [-0.2, 0) is 11.3 Å². The second-order valence-electron chi connectivity index (χ2n) is 3.63. The van der Waals surface area contributed by atoms with Gasteiger partial charge in [0.05, 0.1) is 19.3 Å². The zero-order valence-electron chi connectivity index (χ0n) is 16.8. The van der Waals surface area contributed by atoms with E-state index in [1.165, 1.54) is 37.7 Å². The van der Waals surface area contributed by atoms with Crippen molar-refractivity contribution in [2.75, 3.05) is 7.11 Å². The topological polar surface area (TPSA) is 72.3 Å². The van der Waals surface area contributed by atoms with Crippen LogP contribution in [0.15, 0.2) is 36.7 Å². The van der Waals surface area contributed by atoms with Gasteiger partial charge < -0.3 is 9.84 Å². The number of aliphatic hydroxyl groups excluding tert-OH is 1. The molecule has 0 spiro atoms. The molecular weight excluding hydrogens is 256 g/mol. The Morgan fingerprint density at radius 1 is 1.20 bits per heavy atom. The third kappa shape index (κ3) is 5.16. The van der Waals surface area contributed by atoms with Crippen molar-refractivity contribution >= 4 is 5.97 Å². The number of rotatable bonds is 2. The van der Waals surface area contributed by atoms with Crippen LogP contribution in [0.2, 0.25) is 0 Å². The number of methoxy groups -OCH3 is 1. The van der Waals surface area contributed by atoms with Crippen molar-refractivity contribution in [3.05, 3.63) is 59.2 Å². The van der Waals surface area contributed by atoms with E-state index in [4.69, 9.17) is 13.3 Å². The highest BCUT2D eigenvalue weighted by molar-refractivity contribution is 5.88. The van der Waals surface area contributed by atoms with E-state index < -0.39 is 19.7 Å². The van der Waals surface area contributed by atoms with E-state index in [-0.39, 0.29) is 23.6 Å². The molecule has 0 saturated heterocycles. The summed E-state index contributed by atoms with van der Waals surface area (Å²) in [7, 11) is 1.25. The number of carbonyl (C=O) groups excluding carboxylic acids is 1. The van der Waals surface area contributed by atoms with Gasteiger partial charge in [-0.2, -0.15) is 0 Å². The highest BCUT2D eigenvalue weighted by Crippen LogP contribution is 2.00. The molecule has 0 atom stereocenters. The normalized spacial score (nSPS) is 15.1. The highest BCUT2D eigenvalue weighted by Gasteiger charge is 2.03. The highest BCUT2D eigenvalue weighted by atomic mass is 16.5. The van der Waals surface area contributed by atoms with Gasteiger partial charge in [-0.25, -0.2) is 4.79 Å². The summed E-state index contributed by atoms with van der Waals surface area (Å²) in [6.45, 7) is -4.52. The molecule has 0 aliphatic rings. The molecule has 2 aromatic heterocycles. The van der Waals surface area contributed by atoms with Gasteiger partial charge in [-0.1, -0.05) is 6.07 Å². The van der Waals surface area contributed by atoms with E-state index in [2.05, 4.69) is 14.7 Å². The predicted octanol–water partition coefficient (Wildman–Crippen LogP) is 2.06. The monoisotopic (exact) mass is 280 g/mol. The van der Waals surface area contributed by atoms with E-state index in [0.29, 0.717) is 5.56 Å². The molecule has 0 aliphatic carbocycles. The van der Waals surface area contributed by atoms with Crippen LogP contribution in [0.3, 0.4) is 0 Å². The average molecular weight is 280 g/mol. The van der Waals surface area contributed by atoms with Crippen LogP contribution >= 0.6 is 0 Å². The van der Waals surface area contributed by atoms with Crippen LogP contribution in [0.1, 0.15) is 35.5 Å². The van der Waals surface area contributed by atoms with Crippen molar-refractivity contribution in [3.8, 4) is 0 Å². The largest absolute Gasteiger partial charge is 0.465 e. The maximum absolute atomic E-state index is 11.0. The molecule has 0 aromatic carbocycles. The van der Waals surface area contributed by atoms with Crippen molar-refractivity contribution in [1.82, 2.24) is 9.97 Å². The van der Waals surface area contributed by atoms with Gasteiger partial charge in [-0.05, 0) is 37.5 Å². The summed E-state index contributed by atoms with van der Waals surface area (Å²) >= 11 is 0. The lowest BCUT2D eigenvalue weighted by Gasteiger charge is -1.97. The summed E-state index contributed by atoms with van der Waals surface area (Å²) < 4.78 is 46.6. The number of aromatic nitrogens is 2. The van der Waals surface area contributed by atoms with Crippen molar-refractivity contribution in [3.63, 3.8) is 0 Å². The fourth-order valence-corrected chi connectivity index (χ4v) is 1.15. The summed E-state index contributed by atoms with van der Waals surface area (Å²) in [5.41, 5.74) is 0.869. The first-order valence-corrected chi connectivity index (χ1v) is 5.60. The molecule has 0 fully saturated rings. The molecule has 2 heterocycles. The number of nitrogens with zero attached hydrogens (tertiary/aromatic N) is 2. The lowest BCUT2D eigenvalue weighted by molar-refractivity contribution is 0.0600. The third-order valence-electron chi connectivity index (χ3n) is 2.19.